The highest BCUT2D eigenvalue weighted by molar-refractivity contribution is 4.99. The minimum Gasteiger partial charge on any atom is -0.381 e. The molecule has 2 rings (SSSR count). The van der Waals surface area contributed by atoms with Crippen LogP contribution in [0.2, 0.25) is 0 Å². The van der Waals surface area contributed by atoms with E-state index in [0.717, 1.165) is 25.6 Å². The summed E-state index contributed by atoms with van der Waals surface area (Å²) in [6.45, 7) is 4.23. The van der Waals surface area contributed by atoms with Gasteiger partial charge in [0.05, 0.1) is 6.10 Å². The zero-order valence-corrected chi connectivity index (χ0v) is 12.9. The Morgan fingerprint density at radius 2 is 1.89 bits per heavy atom. The van der Waals surface area contributed by atoms with E-state index >= 15 is 0 Å². The summed E-state index contributed by atoms with van der Waals surface area (Å²) in [5.74, 6) is 0. The molecule has 0 heterocycles. The van der Waals surface area contributed by atoms with Crippen molar-refractivity contribution >= 4 is 0 Å². The Bertz CT molecular complexity index is 265. The number of hydrogen-bond acceptors (Lipinski definition) is 3. The lowest BCUT2D eigenvalue weighted by Gasteiger charge is -2.51. The first-order chi connectivity index (χ1) is 9.25. The van der Waals surface area contributed by atoms with Crippen LogP contribution in [0.25, 0.3) is 0 Å². The molecule has 2 fully saturated rings. The lowest BCUT2D eigenvalue weighted by atomic mass is 9.76. The second kappa shape index (κ2) is 7.05. The predicted octanol–water partition coefficient (Wildman–Crippen LogP) is 2.93. The van der Waals surface area contributed by atoms with Crippen molar-refractivity contribution in [2.45, 2.75) is 82.4 Å². The van der Waals surface area contributed by atoms with Crippen molar-refractivity contribution < 1.29 is 4.74 Å². The molecule has 2 atom stereocenters. The zero-order chi connectivity index (χ0) is 13.7. The van der Waals surface area contributed by atoms with Crippen LogP contribution >= 0.6 is 0 Å². The molecule has 2 aliphatic rings. The van der Waals surface area contributed by atoms with E-state index in [0.29, 0.717) is 6.10 Å². The molecule has 2 N–H and O–H groups in total. The first-order valence-electron chi connectivity index (χ1n) is 8.25. The number of hydrogen-bond donors (Lipinski definition) is 1. The summed E-state index contributed by atoms with van der Waals surface area (Å²) in [4.78, 5) is 2.75. The fourth-order valence-corrected chi connectivity index (χ4v) is 4.43. The molecule has 0 aromatic rings. The minimum atomic E-state index is 0.204. The third-order valence-corrected chi connectivity index (χ3v) is 5.45. The van der Waals surface area contributed by atoms with E-state index in [9.17, 15) is 0 Å². The van der Waals surface area contributed by atoms with Crippen LogP contribution in [0, 0.1) is 0 Å². The monoisotopic (exact) mass is 268 g/mol. The molecule has 0 aliphatic heterocycles. The van der Waals surface area contributed by atoms with Crippen LogP contribution < -0.4 is 5.73 Å². The molecule has 0 spiro atoms. The molecule has 3 nitrogen and oxygen atoms in total. The van der Waals surface area contributed by atoms with E-state index in [1.165, 1.54) is 51.4 Å². The molecule has 0 aromatic heterocycles. The molecule has 19 heavy (non-hydrogen) atoms. The van der Waals surface area contributed by atoms with Gasteiger partial charge in [-0.05, 0) is 45.1 Å². The van der Waals surface area contributed by atoms with Crippen LogP contribution in [-0.4, -0.2) is 42.8 Å². The fraction of sp³-hybridized carbons (Fsp3) is 1.00. The van der Waals surface area contributed by atoms with Gasteiger partial charge in [-0.25, -0.2) is 0 Å². The van der Waals surface area contributed by atoms with Gasteiger partial charge >= 0.3 is 0 Å². The second-order valence-corrected chi connectivity index (χ2v) is 6.46. The highest BCUT2D eigenvalue weighted by Crippen LogP contribution is 2.38. The van der Waals surface area contributed by atoms with Gasteiger partial charge in [-0.2, -0.15) is 0 Å². The van der Waals surface area contributed by atoms with E-state index in [1.807, 2.05) is 7.11 Å². The topological polar surface area (TPSA) is 38.5 Å². The number of rotatable bonds is 5. The lowest BCUT2D eigenvalue weighted by Crippen LogP contribution is -2.60. The molecule has 0 saturated heterocycles. The maximum atomic E-state index is 6.24. The average Bonchev–Trinajstić information content (AvgIpc) is 2.49. The van der Waals surface area contributed by atoms with Crippen molar-refractivity contribution in [3.8, 4) is 0 Å². The Balaban J connectivity index is 2.11. The summed E-state index contributed by atoms with van der Waals surface area (Å²) in [7, 11) is 1.86. The summed E-state index contributed by atoms with van der Waals surface area (Å²) in [5, 5.41) is 0. The Labute approximate surface area is 118 Å². The number of nitrogens with two attached hydrogens (primary N) is 1. The van der Waals surface area contributed by atoms with Gasteiger partial charge in [0.25, 0.3) is 0 Å². The van der Waals surface area contributed by atoms with Gasteiger partial charge in [-0.15, -0.1) is 0 Å². The molecule has 112 valence electrons. The molecule has 2 aliphatic carbocycles. The van der Waals surface area contributed by atoms with Crippen molar-refractivity contribution in [3.63, 3.8) is 0 Å². The summed E-state index contributed by atoms with van der Waals surface area (Å²) in [6.07, 6.45) is 12.2. The summed E-state index contributed by atoms with van der Waals surface area (Å²) >= 11 is 0. The molecule has 2 saturated carbocycles. The van der Waals surface area contributed by atoms with E-state index in [-0.39, 0.29) is 5.54 Å². The first-order valence-corrected chi connectivity index (χ1v) is 8.25. The van der Waals surface area contributed by atoms with Gasteiger partial charge in [0.15, 0.2) is 0 Å². The number of likely N-dealkylation sites (N-methyl/N-ethyl adjacent to an activating group) is 1. The van der Waals surface area contributed by atoms with Crippen LogP contribution in [0.1, 0.15) is 64.7 Å². The van der Waals surface area contributed by atoms with E-state index in [4.69, 9.17) is 10.5 Å². The second-order valence-electron chi connectivity index (χ2n) is 6.46. The molecule has 2 unspecified atom stereocenters. The molecular formula is C16H32N2O. The largest absolute Gasteiger partial charge is 0.381 e. The predicted molar refractivity (Wildman–Crippen MR) is 80.3 cm³/mol. The maximum Gasteiger partial charge on any atom is 0.0589 e. The van der Waals surface area contributed by atoms with E-state index in [2.05, 4.69) is 11.8 Å². The van der Waals surface area contributed by atoms with Gasteiger partial charge in [-0.3, -0.25) is 4.90 Å². The minimum absolute atomic E-state index is 0.204. The summed E-state index contributed by atoms with van der Waals surface area (Å²) < 4.78 is 5.65. The smallest absolute Gasteiger partial charge is 0.0589 e. The average molecular weight is 268 g/mol. The Kier molecular flexibility index (Phi) is 5.67. The Morgan fingerprint density at radius 3 is 2.47 bits per heavy atom. The third-order valence-electron chi connectivity index (χ3n) is 5.45. The van der Waals surface area contributed by atoms with Gasteiger partial charge < -0.3 is 10.5 Å². The van der Waals surface area contributed by atoms with E-state index in [1.54, 1.807) is 0 Å². The SMILES string of the molecule is CCN(C1CCCCC1)C1(CN)CCCC(OC)C1. The quantitative estimate of drug-likeness (QED) is 0.833. The fourth-order valence-electron chi connectivity index (χ4n) is 4.43. The highest BCUT2D eigenvalue weighted by Gasteiger charge is 2.42. The van der Waals surface area contributed by atoms with Gasteiger partial charge in [-0.1, -0.05) is 26.2 Å². The number of methoxy groups -OCH3 is 1. The maximum absolute atomic E-state index is 6.24. The molecule has 0 bridgehead atoms. The highest BCUT2D eigenvalue weighted by atomic mass is 16.5. The molecule has 3 heteroatoms. The summed E-state index contributed by atoms with van der Waals surface area (Å²) in [5.41, 5.74) is 6.45. The van der Waals surface area contributed by atoms with Crippen LogP contribution in [0.4, 0.5) is 0 Å². The summed E-state index contributed by atoms with van der Waals surface area (Å²) in [6, 6.07) is 0.762. The normalized spacial score (nSPS) is 33.8. The van der Waals surface area contributed by atoms with Crippen molar-refractivity contribution in [2.24, 2.45) is 5.73 Å². The molecular weight excluding hydrogens is 236 g/mol. The standard InChI is InChI=1S/C16H32N2O/c1-3-18(14-8-5-4-6-9-14)16(13-17)11-7-10-15(12-16)19-2/h14-15H,3-13,17H2,1-2H3. The van der Waals surface area contributed by atoms with Crippen LogP contribution in [0.5, 0.6) is 0 Å². The Hall–Kier alpha value is -0.120. The van der Waals surface area contributed by atoms with Crippen molar-refractivity contribution in [1.29, 1.82) is 0 Å². The van der Waals surface area contributed by atoms with E-state index < -0.39 is 0 Å². The van der Waals surface area contributed by atoms with Crippen LogP contribution in [-0.2, 0) is 4.74 Å². The van der Waals surface area contributed by atoms with Crippen molar-refractivity contribution in [1.82, 2.24) is 4.90 Å². The third kappa shape index (κ3) is 3.32. The molecule has 0 aromatic carbocycles. The first kappa shape index (κ1) is 15.3. The number of ether oxygens (including phenoxy) is 1. The van der Waals surface area contributed by atoms with Gasteiger partial charge in [0, 0.05) is 25.2 Å². The van der Waals surface area contributed by atoms with Crippen molar-refractivity contribution in [2.75, 3.05) is 20.2 Å². The Morgan fingerprint density at radius 1 is 1.16 bits per heavy atom. The van der Waals surface area contributed by atoms with Gasteiger partial charge in [0.1, 0.15) is 0 Å². The van der Waals surface area contributed by atoms with Crippen LogP contribution in [0.3, 0.4) is 0 Å². The molecule has 0 radical (unpaired) electrons. The molecule has 0 amide bonds. The lowest BCUT2D eigenvalue weighted by molar-refractivity contribution is -0.0444. The zero-order valence-electron chi connectivity index (χ0n) is 12.9. The van der Waals surface area contributed by atoms with Crippen LogP contribution in [0.15, 0.2) is 0 Å². The van der Waals surface area contributed by atoms with Gasteiger partial charge in [0.2, 0.25) is 0 Å². The van der Waals surface area contributed by atoms with Crippen molar-refractivity contribution in [3.05, 3.63) is 0 Å². The number of nitrogens with zero attached hydrogens (tertiary/aromatic N) is 1.